The fourth-order valence-corrected chi connectivity index (χ4v) is 2.86. The number of carbonyl (C=O) groups is 1. The first-order valence-electron chi connectivity index (χ1n) is 6.84. The van der Waals surface area contributed by atoms with E-state index in [1.54, 1.807) is 6.07 Å². The highest BCUT2D eigenvalue weighted by Crippen LogP contribution is 2.35. The van der Waals surface area contributed by atoms with Crippen molar-refractivity contribution in [3.63, 3.8) is 0 Å². The lowest BCUT2D eigenvalue weighted by molar-refractivity contribution is -0.112. The van der Waals surface area contributed by atoms with Gasteiger partial charge in [0.2, 0.25) is 0 Å². The van der Waals surface area contributed by atoms with E-state index in [0.29, 0.717) is 38.9 Å². The summed E-state index contributed by atoms with van der Waals surface area (Å²) in [4.78, 5) is 11.0. The lowest BCUT2D eigenvalue weighted by Gasteiger charge is -2.37. The van der Waals surface area contributed by atoms with Gasteiger partial charge in [0.05, 0.1) is 24.4 Å². The van der Waals surface area contributed by atoms with E-state index in [1.165, 1.54) is 12.1 Å². The number of benzene rings is 1. The molecule has 2 saturated heterocycles. The molecule has 0 bridgehead atoms. The van der Waals surface area contributed by atoms with Crippen LogP contribution in [0, 0.1) is 5.82 Å². The maximum Gasteiger partial charge on any atom is 0.165 e. The number of para-hydroxylation sites is 1. The number of carbonyl (C=O) groups excluding carboxylic acids is 1. The SMILES string of the molecule is O=Cc1cccc(F)c1OC1CCOC2(CCOC2)C1. The van der Waals surface area contributed by atoms with E-state index in [4.69, 9.17) is 14.2 Å². The van der Waals surface area contributed by atoms with Crippen molar-refractivity contribution in [3.8, 4) is 5.75 Å². The Morgan fingerprint density at radius 1 is 1.40 bits per heavy atom. The molecular weight excluding hydrogens is 263 g/mol. The maximum atomic E-state index is 13.8. The summed E-state index contributed by atoms with van der Waals surface area (Å²) in [5, 5.41) is 0. The first kappa shape index (κ1) is 13.5. The maximum absolute atomic E-state index is 13.8. The second-order valence-corrected chi connectivity index (χ2v) is 5.34. The van der Waals surface area contributed by atoms with Gasteiger partial charge in [-0.15, -0.1) is 0 Å². The molecule has 0 amide bonds. The van der Waals surface area contributed by atoms with Crippen molar-refractivity contribution in [2.45, 2.75) is 31.0 Å². The number of ether oxygens (including phenoxy) is 3. The fraction of sp³-hybridized carbons (Fsp3) is 0.533. The minimum atomic E-state index is -0.502. The van der Waals surface area contributed by atoms with Crippen molar-refractivity contribution < 1.29 is 23.4 Å². The van der Waals surface area contributed by atoms with Gasteiger partial charge in [0.15, 0.2) is 17.9 Å². The minimum absolute atomic E-state index is 0.0449. The molecule has 0 saturated carbocycles. The summed E-state index contributed by atoms with van der Waals surface area (Å²) in [6, 6.07) is 4.36. The van der Waals surface area contributed by atoms with Crippen molar-refractivity contribution in [2.24, 2.45) is 0 Å². The normalized spacial score (nSPS) is 29.6. The van der Waals surface area contributed by atoms with Crippen LogP contribution in [-0.4, -0.2) is 37.8 Å². The number of aldehydes is 1. The van der Waals surface area contributed by atoms with Crippen LogP contribution in [-0.2, 0) is 9.47 Å². The predicted octanol–water partition coefficient (Wildman–Crippen LogP) is 2.36. The van der Waals surface area contributed by atoms with E-state index < -0.39 is 5.82 Å². The summed E-state index contributed by atoms with van der Waals surface area (Å²) >= 11 is 0. The summed E-state index contributed by atoms with van der Waals surface area (Å²) in [6.45, 7) is 1.82. The lowest BCUT2D eigenvalue weighted by Crippen LogP contribution is -2.44. The second-order valence-electron chi connectivity index (χ2n) is 5.34. The lowest BCUT2D eigenvalue weighted by atomic mass is 9.91. The Morgan fingerprint density at radius 3 is 3.05 bits per heavy atom. The van der Waals surface area contributed by atoms with E-state index in [-0.39, 0.29) is 23.0 Å². The van der Waals surface area contributed by atoms with Crippen molar-refractivity contribution in [3.05, 3.63) is 29.6 Å². The van der Waals surface area contributed by atoms with Crippen LogP contribution in [0.1, 0.15) is 29.6 Å². The molecule has 0 aromatic heterocycles. The Morgan fingerprint density at radius 2 is 2.30 bits per heavy atom. The molecule has 2 aliphatic rings. The molecule has 3 rings (SSSR count). The number of halogens is 1. The van der Waals surface area contributed by atoms with Crippen LogP contribution in [0.2, 0.25) is 0 Å². The first-order valence-corrected chi connectivity index (χ1v) is 6.84. The minimum Gasteiger partial charge on any atom is -0.486 e. The molecule has 108 valence electrons. The van der Waals surface area contributed by atoms with Gasteiger partial charge < -0.3 is 14.2 Å². The van der Waals surface area contributed by atoms with E-state index in [2.05, 4.69) is 0 Å². The van der Waals surface area contributed by atoms with Gasteiger partial charge in [-0.2, -0.15) is 0 Å². The Labute approximate surface area is 116 Å². The third-order valence-electron chi connectivity index (χ3n) is 3.92. The van der Waals surface area contributed by atoms with Crippen LogP contribution < -0.4 is 4.74 Å². The van der Waals surface area contributed by atoms with Gasteiger partial charge in [-0.25, -0.2) is 4.39 Å². The quantitative estimate of drug-likeness (QED) is 0.797. The molecule has 20 heavy (non-hydrogen) atoms. The summed E-state index contributed by atoms with van der Waals surface area (Å²) in [7, 11) is 0. The third-order valence-corrected chi connectivity index (χ3v) is 3.92. The Hall–Kier alpha value is -1.46. The molecule has 1 spiro atoms. The Kier molecular flexibility index (Phi) is 3.72. The summed E-state index contributed by atoms with van der Waals surface area (Å²) in [5.41, 5.74) is -0.0524. The predicted molar refractivity (Wildman–Crippen MR) is 69.6 cm³/mol. The standard InChI is InChI=1S/C15H17FO4/c16-13-3-1-2-11(9-17)14(13)20-12-4-6-19-15(8-12)5-7-18-10-15/h1-3,9,12H,4-8,10H2. The molecule has 1 aromatic rings. The Balaban J connectivity index is 1.76. The van der Waals surface area contributed by atoms with E-state index in [9.17, 15) is 9.18 Å². The molecule has 2 atom stereocenters. The highest BCUT2D eigenvalue weighted by atomic mass is 19.1. The molecule has 1 aromatic carbocycles. The summed E-state index contributed by atoms with van der Waals surface area (Å²) in [6.07, 6.45) is 2.66. The van der Waals surface area contributed by atoms with Crippen LogP contribution in [0.15, 0.2) is 18.2 Å². The third kappa shape index (κ3) is 2.55. The molecule has 5 heteroatoms. The van der Waals surface area contributed by atoms with Crippen LogP contribution in [0.3, 0.4) is 0 Å². The van der Waals surface area contributed by atoms with Gasteiger partial charge in [0, 0.05) is 25.9 Å². The van der Waals surface area contributed by atoms with Crippen LogP contribution in [0.4, 0.5) is 4.39 Å². The molecule has 2 fully saturated rings. The zero-order chi connectivity index (χ0) is 14.0. The van der Waals surface area contributed by atoms with Gasteiger partial charge >= 0.3 is 0 Å². The molecular formula is C15H17FO4. The van der Waals surface area contributed by atoms with E-state index >= 15 is 0 Å². The topological polar surface area (TPSA) is 44.8 Å². The van der Waals surface area contributed by atoms with Crippen molar-refractivity contribution in [2.75, 3.05) is 19.8 Å². The van der Waals surface area contributed by atoms with Gasteiger partial charge in [-0.05, 0) is 12.1 Å². The highest BCUT2D eigenvalue weighted by molar-refractivity contribution is 5.79. The number of hydrogen-bond acceptors (Lipinski definition) is 4. The second kappa shape index (κ2) is 5.50. The van der Waals surface area contributed by atoms with Gasteiger partial charge in [0.1, 0.15) is 6.10 Å². The fourth-order valence-electron chi connectivity index (χ4n) is 2.86. The van der Waals surface area contributed by atoms with Gasteiger partial charge in [0.25, 0.3) is 0 Å². The zero-order valence-electron chi connectivity index (χ0n) is 11.1. The molecule has 0 N–H and O–H groups in total. The van der Waals surface area contributed by atoms with Gasteiger partial charge in [-0.1, -0.05) is 6.07 Å². The molecule has 0 radical (unpaired) electrons. The van der Waals surface area contributed by atoms with Crippen molar-refractivity contribution in [1.82, 2.24) is 0 Å². The number of hydrogen-bond donors (Lipinski definition) is 0. The summed E-state index contributed by atoms with van der Waals surface area (Å²) < 4.78 is 30.8. The van der Waals surface area contributed by atoms with E-state index in [0.717, 1.165) is 6.42 Å². The first-order chi connectivity index (χ1) is 9.72. The molecule has 0 aliphatic carbocycles. The van der Waals surface area contributed by atoms with Crippen molar-refractivity contribution in [1.29, 1.82) is 0 Å². The van der Waals surface area contributed by atoms with Crippen LogP contribution >= 0.6 is 0 Å². The molecule has 2 aliphatic heterocycles. The zero-order valence-corrected chi connectivity index (χ0v) is 11.1. The molecule has 2 heterocycles. The molecule has 2 unspecified atom stereocenters. The number of rotatable bonds is 3. The molecule has 4 nitrogen and oxygen atoms in total. The van der Waals surface area contributed by atoms with Gasteiger partial charge in [-0.3, -0.25) is 4.79 Å². The van der Waals surface area contributed by atoms with E-state index in [1.807, 2.05) is 0 Å². The summed E-state index contributed by atoms with van der Waals surface area (Å²) in [5.74, 6) is -0.457. The monoisotopic (exact) mass is 280 g/mol. The Bertz CT molecular complexity index is 497. The average Bonchev–Trinajstić information content (AvgIpc) is 2.89. The van der Waals surface area contributed by atoms with Crippen LogP contribution in [0.25, 0.3) is 0 Å². The van der Waals surface area contributed by atoms with Crippen molar-refractivity contribution >= 4 is 6.29 Å². The highest BCUT2D eigenvalue weighted by Gasteiger charge is 2.42. The average molecular weight is 280 g/mol. The smallest absolute Gasteiger partial charge is 0.165 e. The van der Waals surface area contributed by atoms with Crippen LogP contribution in [0.5, 0.6) is 5.75 Å². The largest absolute Gasteiger partial charge is 0.486 e.